The first-order valence-electron chi connectivity index (χ1n) is 8.95. The van der Waals surface area contributed by atoms with Crippen molar-refractivity contribution in [3.8, 4) is 0 Å². The van der Waals surface area contributed by atoms with Crippen molar-refractivity contribution >= 4 is 58.0 Å². The SMILES string of the molecule is Cc1cccc(N=C2NC(=O)/C(=C/c3ccc(Sc4ccc(Cl)cc4)cc3)S2)c1. The maximum Gasteiger partial charge on any atom is 0.264 e. The fourth-order valence-electron chi connectivity index (χ4n) is 2.72. The monoisotopic (exact) mass is 436 g/mol. The number of hydrogen-bond acceptors (Lipinski definition) is 4. The van der Waals surface area contributed by atoms with Gasteiger partial charge in [0.2, 0.25) is 0 Å². The third-order valence-electron chi connectivity index (χ3n) is 4.11. The number of aryl methyl sites for hydroxylation is 1. The Morgan fingerprint density at radius 1 is 1.00 bits per heavy atom. The van der Waals surface area contributed by atoms with Crippen LogP contribution in [0.2, 0.25) is 5.02 Å². The molecule has 1 heterocycles. The molecule has 1 N–H and O–H groups in total. The lowest BCUT2D eigenvalue weighted by atomic mass is 10.2. The minimum atomic E-state index is -0.124. The Kier molecular flexibility index (Phi) is 6.09. The molecule has 4 rings (SSSR count). The van der Waals surface area contributed by atoms with Crippen LogP contribution in [0.25, 0.3) is 6.08 Å². The van der Waals surface area contributed by atoms with Gasteiger partial charge in [-0.25, -0.2) is 4.99 Å². The molecule has 1 aliphatic rings. The van der Waals surface area contributed by atoms with Crippen molar-refractivity contribution in [1.29, 1.82) is 0 Å². The highest BCUT2D eigenvalue weighted by atomic mass is 35.5. The first-order valence-corrected chi connectivity index (χ1v) is 11.0. The van der Waals surface area contributed by atoms with Crippen LogP contribution in [0.1, 0.15) is 11.1 Å². The van der Waals surface area contributed by atoms with Crippen LogP contribution >= 0.6 is 35.1 Å². The molecule has 0 spiro atoms. The largest absolute Gasteiger partial charge is 0.300 e. The number of carbonyl (C=O) groups is 1. The van der Waals surface area contributed by atoms with Gasteiger partial charge in [-0.15, -0.1) is 0 Å². The highest BCUT2D eigenvalue weighted by Gasteiger charge is 2.23. The topological polar surface area (TPSA) is 41.5 Å². The van der Waals surface area contributed by atoms with E-state index < -0.39 is 0 Å². The van der Waals surface area contributed by atoms with Crippen molar-refractivity contribution in [2.75, 3.05) is 0 Å². The van der Waals surface area contributed by atoms with Gasteiger partial charge in [0.25, 0.3) is 5.91 Å². The lowest BCUT2D eigenvalue weighted by Gasteiger charge is -2.03. The minimum absolute atomic E-state index is 0.124. The molecule has 0 unspecified atom stereocenters. The Bertz CT molecular complexity index is 1110. The highest BCUT2D eigenvalue weighted by Crippen LogP contribution is 2.31. The van der Waals surface area contributed by atoms with Crippen LogP contribution in [0, 0.1) is 6.92 Å². The quantitative estimate of drug-likeness (QED) is 0.463. The first kappa shape index (κ1) is 19.8. The Hall–Kier alpha value is -2.47. The number of thioether (sulfide) groups is 1. The van der Waals surface area contributed by atoms with E-state index in [0.29, 0.717) is 10.1 Å². The maximum absolute atomic E-state index is 12.3. The minimum Gasteiger partial charge on any atom is -0.300 e. The number of amides is 1. The van der Waals surface area contributed by atoms with Gasteiger partial charge in [0.15, 0.2) is 5.17 Å². The maximum atomic E-state index is 12.3. The molecule has 0 saturated carbocycles. The summed E-state index contributed by atoms with van der Waals surface area (Å²) in [5.74, 6) is -0.124. The molecule has 29 heavy (non-hydrogen) atoms. The number of nitrogens with zero attached hydrogens (tertiary/aromatic N) is 1. The summed E-state index contributed by atoms with van der Waals surface area (Å²) in [4.78, 5) is 19.7. The standard InChI is InChI=1S/C23H17ClN2OS2/c1-15-3-2-4-18(13-15)25-23-26-22(27)21(29-23)14-16-5-9-19(10-6-16)28-20-11-7-17(24)8-12-20/h2-14H,1H3,(H,25,26,27)/b21-14-. The third-order valence-corrected chi connectivity index (χ3v) is 6.29. The van der Waals surface area contributed by atoms with Crippen LogP contribution < -0.4 is 5.32 Å². The number of carbonyl (C=O) groups excluding carboxylic acids is 1. The smallest absolute Gasteiger partial charge is 0.264 e. The number of rotatable bonds is 4. The fraction of sp³-hybridized carbons (Fsp3) is 0.0435. The molecule has 1 amide bonds. The second-order valence-electron chi connectivity index (χ2n) is 6.45. The van der Waals surface area contributed by atoms with Gasteiger partial charge in [0.05, 0.1) is 10.6 Å². The number of nitrogens with one attached hydrogen (secondary N) is 1. The Morgan fingerprint density at radius 2 is 1.69 bits per heavy atom. The van der Waals surface area contributed by atoms with E-state index in [-0.39, 0.29) is 5.91 Å². The normalized spacial score (nSPS) is 16.4. The van der Waals surface area contributed by atoms with Crippen LogP contribution in [-0.2, 0) is 4.79 Å². The molecule has 3 aromatic carbocycles. The molecule has 0 atom stereocenters. The molecule has 3 aromatic rings. The van der Waals surface area contributed by atoms with Crippen molar-refractivity contribution < 1.29 is 4.79 Å². The molecule has 1 saturated heterocycles. The summed E-state index contributed by atoms with van der Waals surface area (Å²) in [6.07, 6.45) is 1.88. The molecular weight excluding hydrogens is 420 g/mol. The predicted octanol–water partition coefficient (Wildman–Crippen LogP) is 6.69. The molecule has 1 fully saturated rings. The number of amidine groups is 1. The van der Waals surface area contributed by atoms with E-state index in [0.717, 1.165) is 31.6 Å². The van der Waals surface area contributed by atoms with Crippen molar-refractivity contribution in [2.24, 2.45) is 4.99 Å². The van der Waals surface area contributed by atoms with E-state index in [1.807, 2.05) is 85.8 Å². The molecule has 0 aromatic heterocycles. The van der Waals surface area contributed by atoms with Crippen molar-refractivity contribution in [2.45, 2.75) is 16.7 Å². The second kappa shape index (κ2) is 8.91. The van der Waals surface area contributed by atoms with Gasteiger partial charge in [-0.2, -0.15) is 0 Å². The number of aliphatic imine (C=N–C) groups is 1. The second-order valence-corrected chi connectivity index (χ2v) is 9.06. The van der Waals surface area contributed by atoms with E-state index >= 15 is 0 Å². The van der Waals surface area contributed by atoms with Gasteiger partial charge >= 0.3 is 0 Å². The zero-order valence-electron chi connectivity index (χ0n) is 15.6. The first-order chi connectivity index (χ1) is 14.0. The van der Waals surface area contributed by atoms with Crippen molar-refractivity contribution in [3.63, 3.8) is 0 Å². The number of benzene rings is 3. The lowest BCUT2D eigenvalue weighted by molar-refractivity contribution is -0.115. The summed E-state index contributed by atoms with van der Waals surface area (Å²) in [6, 6.07) is 23.8. The number of halogens is 1. The van der Waals surface area contributed by atoms with Crippen LogP contribution in [-0.4, -0.2) is 11.1 Å². The zero-order valence-corrected chi connectivity index (χ0v) is 17.9. The summed E-state index contributed by atoms with van der Waals surface area (Å²) in [5.41, 5.74) is 2.94. The number of hydrogen-bond donors (Lipinski definition) is 1. The van der Waals surface area contributed by atoms with Crippen LogP contribution in [0.4, 0.5) is 5.69 Å². The van der Waals surface area contributed by atoms with E-state index in [2.05, 4.69) is 10.3 Å². The molecule has 144 valence electrons. The molecular formula is C23H17ClN2OS2. The Labute approximate surface area is 183 Å². The van der Waals surface area contributed by atoms with E-state index in [1.165, 1.54) is 11.8 Å². The summed E-state index contributed by atoms with van der Waals surface area (Å²) in [5, 5.41) is 4.16. The van der Waals surface area contributed by atoms with Gasteiger partial charge in [-0.05, 0) is 84.4 Å². The summed E-state index contributed by atoms with van der Waals surface area (Å²) >= 11 is 8.96. The van der Waals surface area contributed by atoms with Gasteiger partial charge < -0.3 is 5.32 Å². The average molecular weight is 437 g/mol. The summed E-state index contributed by atoms with van der Waals surface area (Å²) in [6.45, 7) is 2.02. The molecule has 1 aliphatic heterocycles. The highest BCUT2D eigenvalue weighted by molar-refractivity contribution is 8.18. The van der Waals surface area contributed by atoms with Crippen molar-refractivity contribution in [1.82, 2.24) is 5.32 Å². The summed E-state index contributed by atoms with van der Waals surface area (Å²) in [7, 11) is 0. The molecule has 0 bridgehead atoms. The Morgan fingerprint density at radius 3 is 2.38 bits per heavy atom. The molecule has 0 aliphatic carbocycles. The zero-order chi connectivity index (χ0) is 20.2. The van der Waals surface area contributed by atoms with Crippen LogP contribution in [0.15, 0.2) is 92.5 Å². The van der Waals surface area contributed by atoms with Crippen LogP contribution in [0.5, 0.6) is 0 Å². The van der Waals surface area contributed by atoms with Gasteiger partial charge in [0.1, 0.15) is 0 Å². The van der Waals surface area contributed by atoms with Gasteiger partial charge in [-0.1, -0.05) is 47.6 Å². The van der Waals surface area contributed by atoms with E-state index in [9.17, 15) is 4.79 Å². The van der Waals surface area contributed by atoms with Crippen molar-refractivity contribution in [3.05, 3.63) is 93.9 Å². The Balaban J connectivity index is 1.46. The van der Waals surface area contributed by atoms with Gasteiger partial charge in [0, 0.05) is 14.8 Å². The van der Waals surface area contributed by atoms with E-state index in [1.54, 1.807) is 11.8 Å². The molecule has 6 heteroatoms. The lowest BCUT2D eigenvalue weighted by Crippen LogP contribution is -2.19. The van der Waals surface area contributed by atoms with Crippen LogP contribution in [0.3, 0.4) is 0 Å². The fourth-order valence-corrected chi connectivity index (χ4v) is 4.50. The van der Waals surface area contributed by atoms with Gasteiger partial charge in [-0.3, -0.25) is 4.79 Å². The average Bonchev–Trinajstić information content (AvgIpc) is 3.04. The third kappa shape index (κ3) is 5.32. The summed E-state index contributed by atoms with van der Waals surface area (Å²) < 4.78 is 0. The predicted molar refractivity (Wildman–Crippen MR) is 124 cm³/mol. The molecule has 0 radical (unpaired) electrons. The molecule has 3 nitrogen and oxygen atoms in total. The van der Waals surface area contributed by atoms with E-state index in [4.69, 9.17) is 11.6 Å².